The fourth-order valence-electron chi connectivity index (χ4n) is 2.53. The summed E-state index contributed by atoms with van der Waals surface area (Å²) < 4.78 is 5.85. The Morgan fingerprint density at radius 2 is 1.79 bits per heavy atom. The lowest BCUT2D eigenvalue weighted by Crippen LogP contribution is -2.36. The van der Waals surface area contributed by atoms with E-state index in [1.54, 1.807) is 19.2 Å². The van der Waals surface area contributed by atoms with Crippen LogP contribution in [-0.2, 0) is 13.1 Å². The molecule has 2 rings (SSSR count). The number of rotatable bonds is 8. The second kappa shape index (κ2) is 12.2. The first-order valence-corrected chi connectivity index (χ1v) is 9.09. The molecule has 4 N–H and O–H groups in total. The van der Waals surface area contributed by atoms with Gasteiger partial charge in [0.2, 0.25) is 5.91 Å². The van der Waals surface area contributed by atoms with Gasteiger partial charge in [0, 0.05) is 31.3 Å². The van der Waals surface area contributed by atoms with E-state index in [9.17, 15) is 4.79 Å². The number of nitrogens with zero attached hydrogens (tertiary/aromatic N) is 1. The first-order chi connectivity index (χ1) is 13.0. The summed E-state index contributed by atoms with van der Waals surface area (Å²) in [5, 5.41) is 6.57. The van der Waals surface area contributed by atoms with Crippen LogP contribution in [0.4, 0.5) is 0 Å². The number of aliphatic imine (C=N–C) groups is 1. The van der Waals surface area contributed by atoms with Gasteiger partial charge in [-0.15, -0.1) is 24.0 Å². The number of hydrogen-bond donors (Lipinski definition) is 3. The van der Waals surface area contributed by atoms with Crippen molar-refractivity contribution in [2.45, 2.75) is 33.4 Å². The molecule has 0 radical (unpaired) electrons. The zero-order chi connectivity index (χ0) is 19.6. The van der Waals surface area contributed by atoms with Gasteiger partial charge in [-0.1, -0.05) is 31.2 Å². The Kier molecular flexibility index (Phi) is 10.4. The Hall–Kier alpha value is -2.29. The van der Waals surface area contributed by atoms with Gasteiger partial charge in [-0.3, -0.25) is 9.79 Å². The maximum atomic E-state index is 11.1. The Bertz CT molecular complexity index is 791. The SMILES string of the molecule is CCCOc1cc(C)ccc1CNC(=NC)NCc1ccc(C(N)=O)cc1.I. The van der Waals surface area contributed by atoms with Gasteiger partial charge < -0.3 is 21.1 Å². The minimum Gasteiger partial charge on any atom is -0.493 e. The Morgan fingerprint density at radius 1 is 1.11 bits per heavy atom. The molecule has 7 heteroatoms. The number of primary amides is 1. The van der Waals surface area contributed by atoms with Gasteiger partial charge in [0.1, 0.15) is 5.75 Å². The van der Waals surface area contributed by atoms with Crippen molar-refractivity contribution in [1.29, 1.82) is 0 Å². The van der Waals surface area contributed by atoms with E-state index in [2.05, 4.69) is 47.7 Å². The first-order valence-electron chi connectivity index (χ1n) is 9.09. The van der Waals surface area contributed by atoms with Crippen LogP contribution < -0.4 is 21.1 Å². The van der Waals surface area contributed by atoms with Crippen LogP contribution in [0.25, 0.3) is 0 Å². The molecule has 0 aliphatic heterocycles. The fourth-order valence-corrected chi connectivity index (χ4v) is 2.53. The minimum atomic E-state index is -0.425. The fraction of sp³-hybridized carbons (Fsp3) is 0.333. The van der Waals surface area contributed by atoms with Gasteiger partial charge >= 0.3 is 0 Å². The smallest absolute Gasteiger partial charge is 0.248 e. The average Bonchev–Trinajstić information content (AvgIpc) is 2.67. The lowest BCUT2D eigenvalue weighted by molar-refractivity contribution is 0.100. The number of carbonyl (C=O) groups excluding carboxylic acids is 1. The Labute approximate surface area is 184 Å². The molecule has 6 nitrogen and oxygen atoms in total. The van der Waals surface area contributed by atoms with Crippen molar-refractivity contribution in [3.05, 3.63) is 64.7 Å². The highest BCUT2D eigenvalue weighted by atomic mass is 127. The zero-order valence-electron chi connectivity index (χ0n) is 16.6. The van der Waals surface area contributed by atoms with Crippen molar-refractivity contribution in [3.63, 3.8) is 0 Å². The Balaban J connectivity index is 0.00000392. The van der Waals surface area contributed by atoms with Gasteiger partial charge in [0.05, 0.1) is 6.61 Å². The van der Waals surface area contributed by atoms with Gasteiger partial charge in [-0.05, 0) is 42.7 Å². The van der Waals surface area contributed by atoms with Crippen molar-refractivity contribution in [1.82, 2.24) is 10.6 Å². The highest BCUT2D eigenvalue weighted by Gasteiger charge is 2.06. The number of aryl methyl sites for hydroxylation is 1. The van der Waals surface area contributed by atoms with E-state index in [-0.39, 0.29) is 24.0 Å². The van der Waals surface area contributed by atoms with Gasteiger partial charge in [-0.2, -0.15) is 0 Å². The predicted octanol–water partition coefficient (Wildman–Crippen LogP) is 3.37. The number of carbonyl (C=O) groups is 1. The molecule has 152 valence electrons. The van der Waals surface area contributed by atoms with Crippen molar-refractivity contribution >= 4 is 35.8 Å². The summed E-state index contributed by atoms with van der Waals surface area (Å²) in [6.45, 7) is 6.05. The molecule has 0 spiro atoms. The van der Waals surface area contributed by atoms with Gasteiger partial charge in [0.15, 0.2) is 5.96 Å². The number of halogens is 1. The van der Waals surface area contributed by atoms with Gasteiger partial charge in [-0.25, -0.2) is 0 Å². The third kappa shape index (κ3) is 7.38. The summed E-state index contributed by atoms with van der Waals surface area (Å²) in [6.07, 6.45) is 0.971. The average molecular weight is 496 g/mol. The second-order valence-electron chi connectivity index (χ2n) is 6.30. The van der Waals surface area contributed by atoms with Crippen molar-refractivity contribution < 1.29 is 9.53 Å². The predicted molar refractivity (Wildman–Crippen MR) is 124 cm³/mol. The molecule has 28 heavy (non-hydrogen) atoms. The summed E-state index contributed by atoms with van der Waals surface area (Å²) in [4.78, 5) is 15.4. The van der Waals surface area contributed by atoms with Crippen LogP contribution in [0.15, 0.2) is 47.5 Å². The van der Waals surface area contributed by atoms with Crippen molar-refractivity contribution in [2.75, 3.05) is 13.7 Å². The quantitative estimate of drug-likeness (QED) is 0.297. The molecule has 0 saturated carbocycles. The van der Waals surface area contributed by atoms with Crippen LogP contribution in [0.5, 0.6) is 5.75 Å². The number of nitrogens with two attached hydrogens (primary N) is 1. The van der Waals surface area contributed by atoms with E-state index >= 15 is 0 Å². The van der Waals surface area contributed by atoms with Crippen LogP contribution >= 0.6 is 24.0 Å². The first kappa shape index (κ1) is 23.7. The summed E-state index contributed by atoms with van der Waals surface area (Å²) in [5.74, 6) is 1.17. The zero-order valence-corrected chi connectivity index (χ0v) is 18.9. The topological polar surface area (TPSA) is 88.7 Å². The molecule has 0 aliphatic rings. The third-order valence-corrected chi connectivity index (χ3v) is 4.05. The van der Waals surface area contributed by atoms with Crippen LogP contribution in [0.3, 0.4) is 0 Å². The largest absolute Gasteiger partial charge is 0.493 e. The molecule has 2 aromatic carbocycles. The molecular weight excluding hydrogens is 467 g/mol. The molecular formula is C21H29IN4O2. The van der Waals surface area contributed by atoms with E-state index < -0.39 is 5.91 Å². The molecule has 0 atom stereocenters. The highest BCUT2D eigenvalue weighted by molar-refractivity contribution is 14.0. The van der Waals surface area contributed by atoms with Crippen LogP contribution in [0, 0.1) is 6.92 Å². The number of amides is 1. The van der Waals surface area contributed by atoms with E-state index in [1.807, 2.05) is 12.1 Å². The molecule has 0 aromatic heterocycles. The number of guanidine groups is 1. The summed E-state index contributed by atoms with van der Waals surface area (Å²) in [7, 11) is 1.73. The monoisotopic (exact) mass is 496 g/mol. The molecule has 0 saturated heterocycles. The standard InChI is InChI=1S/C21H28N4O2.HI/c1-4-11-27-19-12-15(2)5-8-18(19)14-25-21(23-3)24-13-16-6-9-17(10-7-16)20(22)26;/h5-10,12H,4,11,13-14H2,1-3H3,(H2,22,26)(H2,23,24,25);1H. The summed E-state index contributed by atoms with van der Waals surface area (Å²) in [6, 6.07) is 13.4. The molecule has 1 amide bonds. The molecule has 0 unspecified atom stereocenters. The molecule has 0 aliphatic carbocycles. The van der Waals surface area contributed by atoms with E-state index in [4.69, 9.17) is 10.5 Å². The third-order valence-electron chi connectivity index (χ3n) is 4.05. The number of nitrogens with one attached hydrogen (secondary N) is 2. The number of hydrogen-bond acceptors (Lipinski definition) is 3. The normalized spacial score (nSPS) is 10.8. The lowest BCUT2D eigenvalue weighted by atomic mass is 10.1. The number of ether oxygens (including phenoxy) is 1. The van der Waals surface area contributed by atoms with Crippen LogP contribution in [-0.4, -0.2) is 25.5 Å². The molecule has 0 bridgehead atoms. The maximum Gasteiger partial charge on any atom is 0.248 e. The maximum absolute atomic E-state index is 11.1. The van der Waals surface area contributed by atoms with E-state index in [0.717, 1.165) is 23.3 Å². The van der Waals surface area contributed by atoms with Crippen LogP contribution in [0.1, 0.15) is 40.4 Å². The molecule has 0 fully saturated rings. The summed E-state index contributed by atoms with van der Waals surface area (Å²) in [5.41, 5.74) is 9.05. The second-order valence-corrected chi connectivity index (χ2v) is 6.30. The summed E-state index contributed by atoms with van der Waals surface area (Å²) >= 11 is 0. The minimum absolute atomic E-state index is 0. The van der Waals surface area contributed by atoms with Gasteiger partial charge in [0.25, 0.3) is 0 Å². The van der Waals surface area contributed by atoms with Crippen LogP contribution in [0.2, 0.25) is 0 Å². The Morgan fingerprint density at radius 3 is 2.39 bits per heavy atom. The lowest BCUT2D eigenvalue weighted by Gasteiger charge is -2.15. The van der Waals surface area contributed by atoms with E-state index in [0.29, 0.717) is 31.2 Å². The molecule has 0 heterocycles. The molecule has 2 aromatic rings. The van der Waals surface area contributed by atoms with E-state index in [1.165, 1.54) is 5.56 Å². The van der Waals surface area contributed by atoms with Crippen molar-refractivity contribution in [3.8, 4) is 5.75 Å². The van der Waals surface area contributed by atoms with Crippen molar-refractivity contribution in [2.24, 2.45) is 10.7 Å². The number of benzene rings is 2. The highest BCUT2D eigenvalue weighted by Crippen LogP contribution is 2.20.